The van der Waals surface area contributed by atoms with Crippen molar-refractivity contribution < 1.29 is 17.9 Å². The molecule has 1 heterocycles. The van der Waals surface area contributed by atoms with Gasteiger partial charge >= 0.3 is 6.18 Å². The van der Waals surface area contributed by atoms with Crippen LogP contribution in [0, 0.1) is 0 Å². The van der Waals surface area contributed by atoms with Gasteiger partial charge in [0.1, 0.15) is 0 Å². The van der Waals surface area contributed by atoms with E-state index in [0.717, 1.165) is 11.1 Å². The number of hydrogen-bond acceptors (Lipinski definition) is 2. The molecular weight excluding hydrogens is 243 g/mol. The number of rotatable bonds is 3. The first-order valence-corrected chi connectivity index (χ1v) is 5.26. The molecule has 0 N–H and O–H groups in total. The topological polar surface area (TPSA) is 22.1 Å². The second-order valence-electron chi connectivity index (χ2n) is 3.65. The van der Waals surface area contributed by atoms with Gasteiger partial charge in [0.25, 0.3) is 0 Å². The van der Waals surface area contributed by atoms with Gasteiger partial charge in [0.2, 0.25) is 5.88 Å². The number of benzene rings is 1. The predicted octanol–water partition coefficient (Wildman–Crippen LogP) is 3.69. The van der Waals surface area contributed by atoms with E-state index in [1.54, 1.807) is 6.07 Å². The highest BCUT2D eigenvalue weighted by molar-refractivity contribution is 5.62. The minimum Gasteiger partial charge on any atom is -0.468 e. The van der Waals surface area contributed by atoms with Gasteiger partial charge in [-0.05, 0) is 11.6 Å². The van der Waals surface area contributed by atoms with E-state index in [9.17, 15) is 13.2 Å². The van der Waals surface area contributed by atoms with Gasteiger partial charge in [0, 0.05) is 17.8 Å². The zero-order chi connectivity index (χ0) is 13.0. The summed E-state index contributed by atoms with van der Waals surface area (Å²) in [4.78, 5) is 3.84. The molecule has 1 aromatic heterocycles. The summed E-state index contributed by atoms with van der Waals surface area (Å²) in [5.41, 5.74) is 1.78. The number of halogens is 3. The summed E-state index contributed by atoms with van der Waals surface area (Å²) in [6, 6.07) is 12.5. The molecular formula is C13H10F3NO. The molecule has 0 atom stereocenters. The molecule has 0 unspecified atom stereocenters. The van der Waals surface area contributed by atoms with E-state index in [0.29, 0.717) is 0 Å². The first-order chi connectivity index (χ1) is 8.54. The lowest BCUT2D eigenvalue weighted by molar-refractivity contribution is -0.154. The normalized spacial score (nSPS) is 11.3. The third kappa shape index (κ3) is 3.48. The fourth-order valence-electron chi connectivity index (χ4n) is 1.42. The Morgan fingerprint density at radius 1 is 0.944 bits per heavy atom. The lowest BCUT2D eigenvalue weighted by atomic mass is 10.1. The zero-order valence-electron chi connectivity index (χ0n) is 9.32. The molecule has 0 saturated carbocycles. The summed E-state index contributed by atoms with van der Waals surface area (Å²) in [5, 5.41) is 0. The van der Waals surface area contributed by atoms with Crippen molar-refractivity contribution in [2.24, 2.45) is 0 Å². The van der Waals surface area contributed by atoms with Crippen LogP contribution in [0.2, 0.25) is 0 Å². The largest absolute Gasteiger partial charge is 0.468 e. The molecule has 0 saturated heterocycles. The molecule has 0 spiro atoms. The molecule has 0 aliphatic rings. The molecule has 2 aromatic rings. The average Bonchev–Trinajstić information content (AvgIpc) is 2.37. The van der Waals surface area contributed by atoms with Crippen LogP contribution < -0.4 is 4.74 Å². The number of hydrogen-bond donors (Lipinski definition) is 0. The van der Waals surface area contributed by atoms with Crippen LogP contribution in [0.4, 0.5) is 13.2 Å². The average molecular weight is 253 g/mol. The lowest BCUT2D eigenvalue weighted by Gasteiger charge is -2.08. The minimum atomic E-state index is -4.35. The van der Waals surface area contributed by atoms with Crippen LogP contribution in [-0.2, 0) is 0 Å². The van der Waals surface area contributed by atoms with Crippen molar-refractivity contribution in [1.29, 1.82) is 0 Å². The Labute approximate surface area is 102 Å². The van der Waals surface area contributed by atoms with Gasteiger partial charge in [-0.2, -0.15) is 13.2 Å². The highest BCUT2D eigenvalue weighted by Crippen LogP contribution is 2.21. The van der Waals surface area contributed by atoms with Gasteiger partial charge in [0.05, 0.1) is 0 Å². The second kappa shape index (κ2) is 5.08. The Morgan fingerprint density at radius 2 is 1.67 bits per heavy atom. The number of ether oxygens (including phenoxy) is 1. The smallest absolute Gasteiger partial charge is 0.422 e. The molecule has 0 radical (unpaired) electrons. The van der Waals surface area contributed by atoms with Crippen molar-refractivity contribution in [3.05, 3.63) is 48.7 Å². The summed E-state index contributed by atoms with van der Waals surface area (Å²) in [6.07, 6.45) is -2.86. The van der Waals surface area contributed by atoms with Crippen LogP contribution in [0.3, 0.4) is 0 Å². The van der Waals surface area contributed by atoms with Gasteiger partial charge in [-0.15, -0.1) is 0 Å². The molecule has 0 aliphatic carbocycles. The molecule has 2 rings (SSSR count). The van der Waals surface area contributed by atoms with Crippen LogP contribution in [0.25, 0.3) is 11.1 Å². The van der Waals surface area contributed by atoms with Crippen molar-refractivity contribution in [1.82, 2.24) is 4.98 Å². The van der Waals surface area contributed by atoms with Crippen molar-refractivity contribution in [3.8, 4) is 17.0 Å². The van der Waals surface area contributed by atoms with E-state index in [2.05, 4.69) is 9.72 Å². The predicted molar refractivity (Wildman–Crippen MR) is 61.2 cm³/mol. The van der Waals surface area contributed by atoms with E-state index in [-0.39, 0.29) is 5.88 Å². The monoisotopic (exact) mass is 253 g/mol. The number of alkyl halides is 3. The van der Waals surface area contributed by atoms with E-state index < -0.39 is 12.8 Å². The van der Waals surface area contributed by atoms with Crippen LogP contribution in [0.15, 0.2) is 48.7 Å². The quantitative estimate of drug-likeness (QED) is 0.832. The summed E-state index contributed by atoms with van der Waals surface area (Å²) in [6.45, 7) is -1.33. The molecule has 0 aliphatic heterocycles. The third-order valence-corrected chi connectivity index (χ3v) is 2.23. The SMILES string of the molecule is FC(F)(F)COc1ccc(-c2ccccc2)cn1. The molecule has 0 fully saturated rings. The maximum absolute atomic E-state index is 11.9. The van der Waals surface area contributed by atoms with E-state index in [4.69, 9.17) is 0 Å². The number of pyridine rings is 1. The Hall–Kier alpha value is -2.04. The maximum atomic E-state index is 11.9. The van der Waals surface area contributed by atoms with E-state index in [1.807, 2.05) is 30.3 Å². The molecule has 5 heteroatoms. The van der Waals surface area contributed by atoms with Gasteiger partial charge in [-0.3, -0.25) is 0 Å². The van der Waals surface area contributed by atoms with Gasteiger partial charge < -0.3 is 4.74 Å². The third-order valence-electron chi connectivity index (χ3n) is 2.23. The summed E-state index contributed by atoms with van der Waals surface area (Å²) in [7, 11) is 0. The van der Waals surface area contributed by atoms with Crippen LogP contribution in [0.5, 0.6) is 5.88 Å². The Bertz CT molecular complexity index is 494. The van der Waals surface area contributed by atoms with Crippen LogP contribution in [0.1, 0.15) is 0 Å². The van der Waals surface area contributed by atoms with Crippen LogP contribution in [-0.4, -0.2) is 17.8 Å². The van der Waals surface area contributed by atoms with Gasteiger partial charge in [0.15, 0.2) is 6.61 Å². The van der Waals surface area contributed by atoms with Crippen molar-refractivity contribution in [2.75, 3.05) is 6.61 Å². The summed E-state index contributed by atoms with van der Waals surface area (Å²) >= 11 is 0. The van der Waals surface area contributed by atoms with Crippen molar-refractivity contribution in [3.63, 3.8) is 0 Å². The Morgan fingerprint density at radius 3 is 2.22 bits per heavy atom. The van der Waals surface area contributed by atoms with Crippen molar-refractivity contribution in [2.45, 2.75) is 6.18 Å². The van der Waals surface area contributed by atoms with Gasteiger partial charge in [-0.1, -0.05) is 30.3 Å². The Balaban J connectivity index is 2.07. The van der Waals surface area contributed by atoms with Crippen molar-refractivity contribution >= 4 is 0 Å². The van der Waals surface area contributed by atoms with E-state index >= 15 is 0 Å². The molecule has 2 nitrogen and oxygen atoms in total. The van der Waals surface area contributed by atoms with Crippen LogP contribution >= 0.6 is 0 Å². The molecule has 94 valence electrons. The Kier molecular flexibility index (Phi) is 3.50. The first-order valence-electron chi connectivity index (χ1n) is 5.26. The molecule has 0 amide bonds. The maximum Gasteiger partial charge on any atom is 0.422 e. The lowest BCUT2D eigenvalue weighted by Crippen LogP contribution is -2.19. The summed E-state index contributed by atoms with van der Waals surface area (Å²) < 4.78 is 40.3. The summed E-state index contributed by atoms with van der Waals surface area (Å²) in [5.74, 6) is -0.0352. The van der Waals surface area contributed by atoms with Gasteiger partial charge in [-0.25, -0.2) is 4.98 Å². The standard InChI is InChI=1S/C13H10F3NO/c14-13(15,16)9-18-12-7-6-11(8-17-12)10-4-2-1-3-5-10/h1-8H,9H2. The highest BCUT2D eigenvalue weighted by Gasteiger charge is 2.28. The zero-order valence-corrected chi connectivity index (χ0v) is 9.32. The fourth-order valence-corrected chi connectivity index (χ4v) is 1.42. The van der Waals surface area contributed by atoms with E-state index in [1.165, 1.54) is 12.3 Å². The highest BCUT2D eigenvalue weighted by atomic mass is 19.4. The number of nitrogens with zero attached hydrogens (tertiary/aromatic N) is 1. The molecule has 18 heavy (non-hydrogen) atoms. The molecule has 1 aromatic carbocycles. The first kappa shape index (κ1) is 12.4. The minimum absolute atomic E-state index is 0.0352. The second-order valence-corrected chi connectivity index (χ2v) is 3.65. The molecule has 0 bridgehead atoms. The number of aromatic nitrogens is 1. The fraction of sp³-hybridized carbons (Fsp3) is 0.154.